The predicted octanol–water partition coefficient (Wildman–Crippen LogP) is 3.28. The van der Waals surface area contributed by atoms with Gasteiger partial charge in [0.15, 0.2) is 10.9 Å². The average Bonchev–Trinajstić information content (AvgIpc) is 3.36. The van der Waals surface area contributed by atoms with Crippen LogP contribution in [-0.4, -0.2) is 38.6 Å². The number of benzene rings is 2. The Morgan fingerprint density at radius 1 is 1.23 bits per heavy atom. The highest BCUT2D eigenvalue weighted by molar-refractivity contribution is 7.89. The van der Waals surface area contributed by atoms with Crippen molar-refractivity contribution in [1.29, 1.82) is 0 Å². The van der Waals surface area contributed by atoms with E-state index in [1.165, 1.54) is 24.3 Å². The van der Waals surface area contributed by atoms with Gasteiger partial charge in [-0.25, -0.2) is 26.9 Å². The van der Waals surface area contributed by atoms with Crippen LogP contribution in [0.1, 0.15) is 23.2 Å². The third kappa shape index (κ3) is 4.48. The normalized spacial score (nSPS) is 16.8. The molecule has 0 radical (unpaired) electrons. The molecule has 3 aromatic rings. The number of nitrogens with one attached hydrogen (secondary N) is 2. The number of halogens is 2. The molecule has 2 aromatic carbocycles. The van der Waals surface area contributed by atoms with Gasteiger partial charge in [0, 0.05) is 24.8 Å². The van der Waals surface area contributed by atoms with Crippen LogP contribution in [0.2, 0.25) is 0 Å². The number of sulfonamides is 1. The van der Waals surface area contributed by atoms with Gasteiger partial charge in [0.1, 0.15) is 11.3 Å². The van der Waals surface area contributed by atoms with Crippen molar-refractivity contribution in [3.63, 3.8) is 0 Å². The summed E-state index contributed by atoms with van der Waals surface area (Å²) in [6.07, 6.45) is 1.59. The fourth-order valence-corrected chi connectivity index (χ4v) is 5.02. The summed E-state index contributed by atoms with van der Waals surface area (Å²) in [5.41, 5.74) is 0.162. The van der Waals surface area contributed by atoms with Gasteiger partial charge in [0.2, 0.25) is 10.0 Å². The second-order valence-electron chi connectivity index (χ2n) is 6.72. The van der Waals surface area contributed by atoms with E-state index in [1.807, 2.05) is 0 Å². The molecule has 7 nitrogen and oxygen atoms in total. The van der Waals surface area contributed by atoms with Crippen molar-refractivity contribution < 1.29 is 26.7 Å². The fourth-order valence-electron chi connectivity index (χ4n) is 3.06. The largest absolute Gasteiger partial charge is 0.377 e. The lowest BCUT2D eigenvalue weighted by Crippen LogP contribution is -2.31. The molecule has 1 aliphatic heterocycles. The number of amides is 1. The van der Waals surface area contributed by atoms with Gasteiger partial charge in [-0.1, -0.05) is 11.3 Å². The Labute approximate surface area is 175 Å². The van der Waals surface area contributed by atoms with Crippen molar-refractivity contribution in [1.82, 2.24) is 9.71 Å². The number of anilines is 1. The third-order valence-corrected chi connectivity index (χ3v) is 6.94. The summed E-state index contributed by atoms with van der Waals surface area (Å²) in [5, 5.41) is 2.62. The first-order chi connectivity index (χ1) is 14.3. The summed E-state index contributed by atoms with van der Waals surface area (Å²) in [6.45, 7) is 0.825. The molecule has 1 fully saturated rings. The summed E-state index contributed by atoms with van der Waals surface area (Å²) in [5.74, 6) is -2.09. The monoisotopic (exact) mass is 453 g/mol. The van der Waals surface area contributed by atoms with Crippen LogP contribution in [0.25, 0.3) is 10.2 Å². The number of carbonyl (C=O) groups excluding carboxylic acids is 1. The second kappa shape index (κ2) is 8.34. The zero-order valence-corrected chi connectivity index (χ0v) is 17.2. The number of ether oxygens (including phenoxy) is 1. The highest BCUT2D eigenvalue weighted by atomic mass is 32.2. The summed E-state index contributed by atoms with van der Waals surface area (Å²) < 4.78 is 60.0. The fraction of sp³-hybridized carbons (Fsp3) is 0.263. The molecule has 11 heteroatoms. The van der Waals surface area contributed by atoms with Crippen LogP contribution >= 0.6 is 11.3 Å². The maximum atomic E-state index is 13.8. The van der Waals surface area contributed by atoms with Crippen LogP contribution in [0.5, 0.6) is 0 Å². The lowest BCUT2D eigenvalue weighted by Gasteiger charge is -2.11. The second-order valence-corrected chi connectivity index (χ2v) is 9.52. The van der Waals surface area contributed by atoms with Crippen molar-refractivity contribution in [2.45, 2.75) is 23.8 Å². The Hall–Kier alpha value is -2.47. The Morgan fingerprint density at radius 3 is 2.70 bits per heavy atom. The van der Waals surface area contributed by atoms with E-state index in [2.05, 4.69) is 15.0 Å². The summed E-state index contributed by atoms with van der Waals surface area (Å²) in [6, 6.07) is 7.22. The van der Waals surface area contributed by atoms with E-state index in [-0.39, 0.29) is 38.5 Å². The summed E-state index contributed by atoms with van der Waals surface area (Å²) in [4.78, 5) is 16.4. The molecule has 0 spiro atoms. The molecule has 2 heterocycles. The molecule has 158 valence electrons. The van der Waals surface area contributed by atoms with Crippen molar-refractivity contribution >= 4 is 42.6 Å². The highest BCUT2D eigenvalue weighted by Crippen LogP contribution is 2.29. The van der Waals surface area contributed by atoms with E-state index in [9.17, 15) is 22.0 Å². The molecular weight excluding hydrogens is 436 g/mol. The predicted molar refractivity (Wildman–Crippen MR) is 108 cm³/mol. The first kappa shape index (κ1) is 20.8. The molecule has 1 amide bonds. The number of rotatable bonds is 6. The van der Waals surface area contributed by atoms with Gasteiger partial charge in [-0.2, -0.15) is 0 Å². The van der Waals surface area contributed by atoms with Crippen LogP contribution in [0, 0.1) is 11.6 Å². The van der Waals surface area contributed by atoms with Crippen LogP contribution in [0.15, 0.2) is 41.3 Å². The molecule has 0 saturated carbocycles. The minimum Gasteiger partial charge on any atom is -0.377 e. The lowest BCUT2D eigenvalue weighted by molar-refractivity contribution is 0.102. The zero-order chi connectivity index (χ0) is 21.3. The van der Waals surface area contributed by atoms with Gasteiger partial charge in [0.25, 0.3) is 5.91 Å². The number of hydrogen-bond acceptors (Lipinski definition) is 6. The minimum absolute atomic E-state index is 0.0228. The quantitative estimate of drug-likeness (QED) is 0.597. The summed E-state index contributed by atoms with van der Waals surface area (Å²) in [7, 11) is -3.72. The average molecular weight is 453 g/mol. The molecule has 0 aliphatic carbocycles. The molecule has 1 unspecified atom stereocenters. The highest BCUT2D eigenvalue weighted by Gasteiger charge is 2.21. The van der Waals surface area contributed by atoms with E-state index in [4.69, 9.17) is 4.74 Å². The summed E-state index contributed by atoms with van der Waals surface area (Å²) >= 11 is 0.934. The maximum Gasteiger partial charge on any atom is 0.257 e. The molecular formula is C19H17F2N3O4S2. The molecule has 0 bridgehead atoms. The standard InChI is InChI=1S/C19H17F2N3O4S2/c20-12-8-15(21)17-16(9-12)29-19(23-17)24-18(25)11-3-5-14(6-4-11)30(26,27)22-10-13-2-1-7-28-13/h3-6,8-9,13,22H,1-2,7,10H2,(H,23,24,25). The number of aromatic nitrogens is 1. The SMILES string of the molecule is O=C(Nc1nc2c(F)cc(F)cc2s1)c1ccc(S(=O)(=O)NCC2CCCO2)cc1. The Bertz CT molecular complexity index is 1190. The van der Waals surface area contributed by atoms with Gasteiger partial charge < -0.3 is 4.74 Å². The lowest BCUT2D eigenvalue weighted by atomic mass is 10.2. The maximum absolute atomic E-state index is 13.8. The topological polar surface area (TPSA) is 97.4 Å². The van der Waals surface area contributed by atoms with E-state index in [0.717, 1.165) is 36.3 Å². The molecule has 1 saturated heterocycles. The van der Waals surface area contributed by atoms with Crippen molar-refractivity contribution in [3.8, 4) is 0 Å². The van der Waals surface area contributed by atoms with Gasteiger partial charge in [-0.3, -0.25) is 10.1 Å². The van der Waals surface area contributed by atoms with Gasteiger partial charge in [-0.05, 0) is 43.2 Å². The van der Waals surface area contributed by atoms with E-state index >= 15 is 0 Å². The Kier molecular flexibility index (Phi) is 5.78. The van der Waals surface area contributed by atoms with Gasteiger partial charge >= 0.3 is 0 Å². The van der Waals surface area contributed by atoms with Crippen LogP contribution in [-0.2, 0) is 14.8 Å². The minimum atomic E-state index is -3.72. The van der Waals surface area contributed by atoms with Gasteiger partial charge in [-0.15, -0.1) is 0 Å². The Morgan fingerprint density at radius 2 is 2.00 bits per heavy atom. The molecule has 1 aromatic heterocycles. The number of fused-ring (bicyclic) bond motifs is 1. The van der Waals surface area contributed by atoms with Crippen molar-refractivity contribution in [2.24, 2.45) is 0 Å². The van der Waals surface area contributed by atoms with E-state index in [1.54, 1.807) is 0 Å². The van der Waals surface area contributed by atoms with Crippen molar-refractivity contribution in [3.05, 3.63) is 53.6 Å². The molecule has 2 N–H and O–H groups in total. The molecule has 30 heavy (non-hydrogen) atoms. The number of nitrogens with zero attached hydrogens (tertiary/aromatic N) is 1. The van der Waals surface area contributed by atoms with Crippen LogP contribution in [0.3, 0.4) is 0 Å². The van der Waals surface area contributed by atoms with E-state index in [0.29, 0.717) is 6.61 Å². The van der Waals surface area contributed by atoms with Crippen LogP contribution < -0.4 is 10.0 Å². The molecule has 4 rings (SSSR count). The van der Waals surface area contributed by atoms with Crippen molar-refractivity contribution in [2.75, 3.05) is 18.5 Å². The van der Waals surface area contributed by atoms with Crippen LogP contribution in [0.4, 0.5) is 13.9 Å². The smallest absolute Gasteiger partial charge is 0.257 e. The zero-order valence-electron chi connectivity index (χ0n) is 15.5. The molecule has 1 atom stereocenters. The number of carbonyl (C=O) groups is 1. The van der Waals surface area contributed by atoms with E-state index < -0.39 is 27.6 Å². The Balaban J connectivity index is 1.44. The molecule has 1 aliphatic rings. The number of hydrogen-bond donors (Lipinski definition) is 2. The first-order valence-electron chi connectivity index (χ1n) is 9.10. The number of thiazole rings is 1. The van der Waals surface area contributed by atoms with Gasteiger partial charge in [0.05, 0.1) is 15.7 Å². The third-order valence-electron chi connectivity index (χ3n) is 4.59. The first-order valence-corrected chi connectivity index (χ1v) is 11.4.